The third-order valence-electron chi connectivity index (χ3n) is 2.66. The fourth-order valence-corrected chi connectivity index (χ4v) is 1.67. The van der Waals surface area contributed by atoms with Crippen LogP contribution in [0.1, 0.15) is 30.9 Å². The Hall–Kier alpha value is -0.960. The van der Waals surface area contributed by atoms with Crippen molar-refractivity contribution in [2.45, 2.75) is 26.7 Å². The SMILES string of the molecule is Cc1cc(C(CO)C(C)C)cc(F)c1F. The van der Waals surface area contributed by atoms with Crippen molar-refractivity contribution >= 4 is 0 Å². The summed E-state index contributed by atoms with van der Waals surface area (Å²) in [7, 11) is 0. The molecule has 1 atom stereocenters. The highest BCUT2D eigenvalue weighted by molar-refractivity contribution is 5.28. The van der Waals surface area contributed by atoms with E-state index in [9.17, 15) is 13.9 Å². The van der Waals surface area contributed by atoms with Crippen LogP contribution in [-0.2, 0) is 0 Å². The Bertz CT molecular complexity index is 324. The molecule has 1 nitrogen and oxygen atoms in total. The van der Waals surface area contributed by atoms with Gasteiger partial charge < -0.3 is 5.11 Å². The second-order valence-corrected chi connectivity index (χ2v) is 4.17. The second-order valence-electron chi connectivity index (χ2n) is 4.17. The van der Waals surface area contributed by atoms with Crippen LogP contribution in [0.4, 0.5) is 8.78 Å². The normalized spacial score (nSPS) is 13.3. The second kappa shape index (κ2) is 4.71. The van der Waals surface area contributed by atoms with Crippen LogP contribution in [0.3, 0.4) is 0 Å². The van der Waals surface area contributed by atoms with Gasteiger partial charge in [0.1, 0.15) is 0 Å². The Morgan fingerprint density at radius 1 is 1.27 bits per heavy atom. The van der Waals surface area contributed by atoms with Gasteiger partial charge in [0.15, 0.2) is 11.6 Å². The molecule has 1 aromatic carbocycles. The van der Waals surface area contributed by atoms with Gasteiger partial charge in [0.05, 0.1) is 6.61 Å². The largest absolute Gasteiger partial charge is 0.396 e. The number of aliphatic hydroxyl groups is 1. The summed E-state index contributed by atoms with van der Waals surface area (Å²) in [6.45, 7) is 5.35. The molecule has 0 fully saturated rings. The first kappa shape index (κ1) is 12.1. The molecule has 1 aromatic rings. The summed E-state index contributed by atoms with van der Waals surface area (Å²) in [5.41, 5.74) is 0.938. The summed E-state index contributed by atoms with van der Waals surface area (Å²) in [6, 6.07) is 2.77. The first-order valence-corrected chi connectivity index (χ1v) is 5.03. The molecule has 1 rings (SSSR count). The van der Waals surface area contributed by atoms with Crippen LogP contribution < -0.4 is 0 Å². The fourth-order valence-electron chi connectivity index (χ4n) is 1.67. The zero-order valence-corrected chi connectivity index (χ0v) is 9.22. The van der Waals surface area contributed by atoms with E-state index in [4.69, 9.17) is 0 Å². The maximum absolute atomic E-state index is 13.1. The van der Waals surface area contributed by atoms with Crippen molar-refractivity contribution in [1.29, 1.82) is 0 Å². The van der Waals surface area contributed by atoms with E-state index in [2.05, 4.69) is 0 Å². The van der Waals surface area contributed by atoms with Gasteiger partial charge in [0.25, 0.3) is 0 Å². The Morgan fingerprint density at radius 3 is 2.27 bits per heavy atom. The third-order valence-corrected chi connectivity index (χ3v) is 2.66. The smallest absolute Gasteiger partial charge is 0.161 e. The molecule has 0 radical (unpaired) electrons. The lowest BCUT2D eigenvalue weighted by molar-refractivity contribution is 0.237. The maximum atomic E-state index is 13.1. The van der Waals surface area contributed by atoms with Gasteiger partial charge in [-0.2, -0.15) is 0 Å². The molecular formula is C12H16F2O. The molecule has 0 heterocycles. The van der Waals surface area contributed by atoms with Gasteiger partial charge in [-0.25, -0.2) is 8.78 Å². The van der Waals surface area contributed by atoms with Crippen LogP contribution in [0.15, 0.2) is 12.1 Å². The lowest BCUT2D eigenvalue weighted by Crippen LogP contribution is -2.12. The number of aliphatic hydroxyl groups excluding tert-OH is 1. The predicted molar refractivity (Wildman–Crippen MR) is 55.8 cm³/mol. The van der Waals surface area contributed by atoms with Crippen LogP contribution in [-0.4, -0.2) is 11.7 Å². The molecule has 0 amide bonds. The van der Waals surface area contributed by atoms with E-state index < -0.39 is 11.6 Å². The van der Waals surface area contributed by atoms with E-state index in [1.165, 1.54) is 13.0 Å². The van der Waals surface area contributed by atoms with Crippen molar-refractivity contribution in [3.8, 4) is 0 Å². The molecule has 15 heavy (non-hydrogen) atoms. The molecule has 0 aliphatic heterocycles. The summed E-state index contributed by atoms with van der Waals surface area (Å²) < 4.78 is 26.2. The monoisotopic (exact) mass is 214 g/mol. The minimum absolute atomic E-state index is 0.0534. The number of benzene rings is 1. The molecular weight excluding hydrogens is 198 g/mol. The van der Waals surface area contributed by atoms with Crippen molar-refractivity contribution in [2.24, 2.45) is 5.92 Å². The average molecular weight is 214 g/mol. The molecule has 0 saturated carbocycles. The summed E-state index contributed by atoms with van der Waals surface area (Å²) in [6.07, 6.45) is 0. The van der Waals surface area contributed by atoms with E-state index in [1.54, 1.807) is 6.07 Å². The molecule has 1 N–H and O–H groups in total. The zero-order chi connectivity index (χ0) is 11.6. The minimum Gasteiger partial charge on any atom is -0.396 e. The summed E-state index contributed by atoms with van der Waals surface area (Å²) in [5.74, 6) is -1.60. The quantitative estimate of drug-likeness (QED) is 0.820. The molecule has 84 valence electrons. The number of hydrogen-bond donors (Lipinski definition) is 1. The number of halogens is 2. The summed E-state index contributed by atoms with van der Waals surface area (Å²) in [4.78, 5) is 0. The van der Waals surface area contributed by atoms with Gasteiger partial charge >= 0.3 is 0 Å². The zero-order valence-electron chi connectivity index (χ0n) is 9.22. The maximum Gasteiger partial charge on any atom is 0.161 e. The molecule has 0 aliphatic rings. The van der Waals surface area contributed by atoms with Crippen LogP contribution >= 0.6 is 0 Å². The minimum atomic E-state index is -0.843. The predicted octanol–water partition coefficient (Wildman–Crippen LogP) is 3.01. The molecule has 1 unspecified atom stereocenters. The average Bonchev–Trinajstić information content (AvgIpc) is 2.14. The molecule has 0 aromatic heterocycles. The Labute approximate surface area is 88.7 Å². The molecule has 0 saturated heterocycles. The van der Waals surface area contributed by atoms with Crippen molar-refractivity contribution in [1.82, 2.24) is 0 Å². The lowest BCUT2D eigenvalue weighted by atomic mass is 9.88. The summed E-state index contributed by atoms with van der Waals surface area (Å²) in [5, 5.41) is 9.18. The first-order chi connectivity index (χ1) is 6.97. The van der Waals surface area contributed by atoms with E-state index in [0.29, 0.717) is 5.56 Å². The van der Waals surface area contributed by atoms with E-state index in [1.807, 2.05) is 13.8 Å². The molecule has 0 bridgehead atoms. The van der Waals surface area contributed by atoms with Crippen molar-refractivity contribution in [3.05, 3.63) is 34.9 Å². The van der Waals surface area contributed by atoms with Crippen LogP contribution in [0, 0.1) is 24.5 Å². The van der Waals surface area contributed by atoms with Gasteiger partial charge in [-0.15, -0.1) is 0 Å². The highest BCUT2D eigenvalue weighted by atomic mass is 19.2. The number of rotatable bonds is 3. The first-order valence-electron chi connectivity index (χ1n) is 5.03. The highest BCUT2D eigenvalue weighted by Crippen LogP contribution is 2.26. The van der Waals surface area contributed by atoms with Gasteiger partial charge in [-0.3, -0.25) is 0 Å². The van der Waals surface area contributed by atoms with Crippen molar-refractivity contribution < 1.29 is 13.9 Å². The fraction of sp³-hybridized carbons (Fsp3) is 0.500. The van der Waals surface area contributed by atoms with Gasteiger partial charge in [0, 0.05) is 5.92 Å². The highest BCUT2D eigenvalue weighted by Gasteiger charge is 2.17. The van der Waals surface area contributed by atoms with Crippen molar-refractivity contribution in [3.63, 3.8) is 0 Å². The van der Waals surface area contributed by atoms with Crippen molar-refractivity contribution in [2.75, 3.05) is 6.61 Å². The van der Waals surface area contributed by atoms with E-state index in [-0.39, 0.29) is 24.0 Å². The Kier molecular flexibility index (Phi) is 3.80. The Morgan fingerprint density at radius 2 is 1.87 bits per heavy atom. The van der Waals surface area contributed by atoms with E-state index >= 15 is 0 Å². The van der Waals surface area contributed by atoms with Gasteiger partial charge in [0.2, 0.25) is 0 Å². The topological polar surface area (TPSA) is 20.2 Å². The van der Waals surface area contributed by atoms with Gasteiger partial charge in [-0.1, -0.05) is 19.9 Å². The number of hydrogen-bond acceptors (Lipinski definition) is 1. The standard InChI is InChI=1S/C12H16F2O/c1-7(2)10(6-15)9-4-8(3)12(14)11(13)5-9/h4-5,7,10,15H,6H2,1-3H3. The Balaban J connectivity index is 3.14. The molecule has 0 spiro atoms. The van der Waals surface area contributed by atoms with Crippen LogP contribution in [0.5, 0.6) is 0 Å². The van der Waals surface area contributed by atoms with Crippen LogP contribution in [0.2, 0.25) is 0 Å². The summed E-state index contributed by atoms with van der Waals surface area (Å²) >= 11 is 0. The van der Waals surface area contributed by atoms with Gasteiger partial charge in [-0.05, 0) is 30.0 Å². The molecule has 0 aliphatic carbocycles. The molecule has 3 heteroatoms. The van der Waals surface area contributed by atoms with Crippen LogP contribution in [0.25, 0.3) is 0 Å². The number of aryl methyl sites for hydroxylation is 1. The third kappa shape index (κ3) is 2.53. The van der Waals surface area contributed by atoms with E-state index in [0.717, 1.165) is 0 Å². The lowest BCUT2D eigenvalue weighted by Gasteiger charge is -2.19.